The average molecular weight is 399 g/mol. The molecule has 0 aliphatic heterocycles. The Morgan fingerprint density at radius 2 is 1.48 bits per heavy atom. The Balaban J connectivity index is 2.35. The zero-order valence-electron chi connectivity index (χ0n) is 17.4. The Bertz CT molecular complexity index is 824. The van der Waals surface area contributed by atoms with E-state index in [4.69, 9.17) is 9.47 Å². The van der Waals surface area contributed by atoms with Gasteiger partial charge in [-0.15, -0.1) is 0 Å². The second kappa shape index (κ2) is 11.1. The lowest BCUT2D eigenvalue weighted by molar-refractivity contribution is -0.119. The summed E-state index contributed by atoms with van der Waals surface area (Å²) < 4.78 is 11.4. The Morgan fingerprint density at radius 3 is 2.00 bits per heavy atom. The minimum Gasteiger partial charge on any atom is -0.492 e. The van der Waals surface area contributed by atoms with Gasteiger partial charge in [0.1, 0.15) is 11.5 Å². The molecule has 0 spiro atoms. The fraction of sp³-hybridized carbons (Fsp3) is 0.364. The van der Waals surface area contributed by atoms with Crippen LogP contribution in [0.15, 0.2) is 42.5 Å². The SMILES string of the molecule is CCOc1cc(NC(=O)C(C)CNC)c(OCC)cc1NC(=O)c1ccccc1. The number of anilines is 2. The molecule has 0 fully saturated rings. The van der Waals surface area contributed by atoms with Crippen molar-refractivity contribution >= 4 is 23.2 Å². The van der Waals surface area contributed by atoms with Crippen molar-refractivity contribution in [2.45, 2.75) is 20.8 Å². The monoisotopic (exact) mass is 399 g/mol. The maximum absolute atomic E-state index is 12.6. The molecule has 2 rings (SSSR count). The second-order valence-corrected chi connectivity index (χ2v) is 6.48. The van der Waals surface area contributed by atoms with Gasteiger partial charge in [0.05, 0.1) is 24.6 Å². The van der Waals surface area contributed by atoms with Gasteiger partial charge in [0, 0.05) is 30.2 Å². The summed E-state index contributed by atoms with van der Waals surface area (Å²) >= 11 is 0. The number of hydrogen-bond donors (Lipinski definition) is 3. The molecule has 0 aromatic heterocycles. The Morgan fingerprint density at radius 1 is 0.931 bits per heavy atom. The number of hydrogen-bond acceptors (Lipinski definition) is 5. The third-order valence-corrected chi connectivity index (χ3v) is 4.18. The molecular formula is C22H29N3O4. The molecule has 0 saturated carbocycles. The molecule has 7 nitrogen and oxygen atoms in total. The van der Waals surface area contributed by atoms with Crippen molar-refractivity contribution < 1.29 is 19.1 Å². The van der Waals surface area contributed by atoms with Crippen LogP contribution in [0.5, 0.6) is 11.5 Å². The normalized spacial score (nSPS) is 11.4. The van der Waals surface area contributed by atoms with Gasteiger partial charge in [-0.1, -0.05) is 25.1 Å². The molecule has 1 unspecified atom stereocenters. The van der Waals surface area contributed by atoms with E-state index in [1.54, 1.807) is 43.4 Å². The van der Waals surface area contributed by atoms with Crippen molar-refractivity contribution in [1.82, 2.24) is 5.32 Å². The number of amides is 2. The number of carbonyl (C=O) groups excluding carboxylic acids is 2. The van der Waals surface area contributed by atoms with Gasteiger partial charge in [0.15, 0.2) is 0 Å². The van der Waals surface area contributed by atoms with E-state index in [1.807, 2.05) is 26.8 Å². The lowest BCUT2D eigenvalue weighted by atomic mass is 10.1. The lowest BCUT2D eigenvalue weighted by Crippen LogP contribution is -2.28. The maximum Gasteiger partial charge on any atom is 0.255 e. The Kier molecular flexibility index (Phi) is 8.48. The smallest absolute Gasteiger partial charge is 0.255 e. The van der Waals surface area contributed by atoms with Crippen molar-refractivity contribution in [3.05, 3.63) is 48.0 Å². The van der Waals surface area contributed by atoms with Gasteiger partial charge >= 0.3 is 0 Å². The van der Waals surface area contributed by atoms with E-state index in [9.17, 15) is 9.59 Å². The first-order chi connectivity index (χ1) is 14.0. The highest BCUT2D eigenvalue weighted by Gasteiger charge is 2.19. The van der Waals surface area contributed by atoms with E-state index in [-0.39, 0.29) is 17.7 Å². The molecule has 3 N–H and O–H groups in total. The molecule has 7 heteroatoms. The summed E-state index contributed by atoms with van der Waals surface area (Å²) in [6.45, 7) is 6.92. The first-order valence-electron chi connectivity index (χ1n) is 9.75. The van der Waals surface area contributed by atoms with Crippen molar-refractivity contribution in [1.29, 1.82) is 0 Å². The molecule has 0 aliphatic carbocycles. The zero-order chi connectivity index (χ0) is 21.2. The average Bonchev–Trinajstić information content (AvgIpc) is 2.72. The van der Waals surface area contributed by atoms with Crippen LogP contribution in [0.4, 0.5) is 11.4 Å². The summed E-state index contributed by atoms with van der Waals surface area (Å²) in [7, 11) is 1.80. The molecule has 2 aromatic rings. The first-order valence-corrected chi connectivity index (χ1v) is 9.75. The van der Waals surface area contributed by atoms with Gasteiger partial charge in [-0.25, -0.2) is 0 Å². The maximum atomic E-state index is 12.6. The Labute approximate surface area is 171 Å². The van der Waals surface area contributed by atoms with Crippen molar-refractivity contribution in [3.63, 3.8) is 0 Å². The van der Waals surface area contributed by atoms with Crippen LogP contribution in [0.2, 0.25) is 0 Å². The third kappa shape index (κ3) is 6.22. The zero-order valence-corrected chi connectivity index (χ0v) is 17.4. The minimum absolute atomic E-state index is 0.135. The highest BCUT2D eigenvalue weighted by Crippen LogP contribution is 2.37. The lowest BCUT2D eigenvalue weighted by Gasteiger charge is -2.19. The van der Waals surface area contributed by atoms with Crippen LogP contribution in [0.25, 0.3) is 0 Å². The van der Waals surface area contributed by atoms with Crippen LogP contribution < -0.4 is 25.4 Å². The molecule has 2 amide bonds. The summed E-state index contributed by atoms with van der Waals surface area (Å²) in [4.78, 5) is 25.0. The fourth-order valence-electron chi connectivity index (χ4n) is 2.74. The molecule has 0 heterocycles. The predicted molar refractivity (Wildman–Crippen MR) is 115 cm³/mol. The van der Waals surface area contributed by atoms with Gasteiger partial charge in [-0.3, -0.25) is 9.59 Å². The molecule has 0 bridgehead atoms. The molecule has 156 valence electrons. The van der Waals surface area contributed by atoms with E-state index >= 15 is 0 Å². The first kappa shape index (κ1) is 22.2. The van der Waals surface area contributed by atoms with Crippen LogP contribution in [0, 0.1) is 5.92 Å². The Hall–Kier alpha value is -3.06. The predicted octanol–water partition coefficient (Wildman–Crippen LogP) is 3.53. The van der Waals surface area contributed by atoms with E-state index < -0.39 is 0 Å². The number of carbonyl (C=O) groups is 2. The van der Waals surface area contributed by atoms with E-state index in [0.717, 1.165) is 0 Å². The highest BCUT2D eigenvalue weighted by molar-refractivity contribution is 6.05. The quantitative estimate of drug-likeness (QED) is 0.569. The van der Waals surface area contributed by atoms with Crippen molar-refractivity contribution in [2.24, 2.45) is 5.92 Å². The number of benzene rings is 2. The largest absolute Gasteiger partial charge is 0.492 e. The fourth-order valence-corrected chi connectivity index (χ4v) is 2.74. The van der Waals surface area contributed by atoms with Crippen LogP contribution in [-0.4, -0.2) is 38.6 Å². The second-order valence-electron chi connectivity index (χ2n) is 6.48. The molecule has 29 heavy (non-hydrogen) atoms. The molecule has 0 radical (unpaired) electrons. The standard InChI is InChI=1S/C22H29N3O4/c1-5-28-19-13-18(25-22(27)16-10-8-7-9-11-16)20(29-6-2)12-17(19)24-21(26)15(3)14-23-4/h7-13,15,23H,5-6,14H2,1-4H3,(H,24,26)(H,25,27). The van der Waals surface area contributed by atoms with Gasteiger partial charge in [0.25, 0.3) is 5.91 Å². The summed E-state index contributed by atoms with van der Waals surface area (Å²) in [5, 5.41) is 8.75. The van der Waals surface area contributed by atoms with Gasteiger partial charge in [0.2, 0.25) is 5.91 Å². The van der Waals surface area contributed by atoms with Gasteiger partial charge in [-0.05, 0) is 33.0 Å². The number of rotatable bonds is 10. The molecular weight excluding hydrogens is 370 g/mol. The number of ether oxygens (including phenoxy) is 2. The summed E-state index contributed by atoms with van der Waals surface area (Å²) in [6, 6.07) is 12.3. The van der Waals surface area contributed by atoms with Crippen molar-refractivity contribution in [3.8, 4) is 11.5 Å². The third-order valence-electron chi connectivity index (χ3n) is 4.18. The van der Waals surface area contributed by atoms with Crippen LogP contribution in [-0.2, 0) is 4.79 Å². The van der Waals surface area contributed by atoms with E-state index in [0.29, 0.717) is 48.2 Å². The molecule has 0 saturated heterocycles. The van der Waals surface area contributed by atoms with Crippen LogP contribution in [0.3, 0.4) is 0 Å². The van der Waals surface area contributed by atoms with Crippen LogP contribution in [0.1, 0.15) is 31.1 Å². The van der Waals surface area contributed by atoms with E-state index in [2.05, 4.69) is 16.0 Å². The topological polar surface area (TPSA) is 88.7 Å². The number of nitrogens with one attached hydrogen (secondary N) is 3. The molecule has 0 aliphatic rings. The van der Waals surface area contributed by atoms with E-state index in [1.165, 1.54) is 0 Å². The van der Waals surface area contributed by atoms with Crippen molar-refractivity contribution in [2.75, 3.05) is 37.4 Å². The summed E-state index contributed by atoms with van der Waals surface area (Å²) in [5.74, 6) is 0.306. The van der Waals surface area contributed by atoms with Gasteiger partial charge < -0.3 is 25.4 Å². The van der Waals surface area contributed by atoms with Crippen LogP contribution >= 0.6 is 0 Å². The minimum atomic E-state index is -0.256. The van der Waals surface area contributed by atoms with Gasteiger partial charge in [-0.2, -0.15) is 0 Å². The molecule has 1 atom stereocenters. The summed E-state index contributed by atoms with van der Waals surface area (Å²) in [6.07, 6.45) is 0. The molecule has 2 aromatic carbocycles. The summed E-state index contributed by atoms with van der Waals surface area (Å²) in [5.41, 5.74) is 1.51. The highest BCUT2D eigenvalue weighted by atomic mass is 16.5.